The zero-order valence-corrected chi connectivity index (χ0v) is 14.1. The van der Waals surface area contributed by atoms with Crippen molar-refractivity contribution in [3.63, 3.8) is 0 Å². The molecule has 2 rings (SSSR count). The van der Waals surface area contributed by atoms with E-state index in [-0.39, 0.29) is 5.91 Å². The minimum absolute atomic E-state index is 0.168. The third kappa shape index (κ3) is 4.78. The SMILES string of the molecule is CCCC/C(=N\NC(=O)c1ccc(C)c(C)c1)c1ccccc1. The molecule has 120 valence electrons. The summed E-state index contributed by atoms with van der Waals surface area (Å²) in [4.78, 5) is 12.3. The number of hydrogen-bond acceptors (Lipinski definition) is 2. The molecule has 0 saturated heterocycles. The van der Waals surface area contributed by atoms with Crippen molar-refractivity contribution in [2.75, 3.05) is 0 Å². The van der Waals surface area contributed by atoms with Crippen LogP contribution in [0.1, 0.15) is 53.2 Å². The Hall–Kier alpha value is -2.42. The molecule has 3 heteroatoms. The Bertz CT molecular complexity index is 690. The zero-order chi connectivity index (χ0) is 16.7. The number of benzene rings is 2. The second-order valence-corrected chi connectivity index (χ2v) is 5.77. The van der Waals surface area contributed by atoms with Crippen molar-refractivity contribution in [1.82, 2.24) is 5.43 Å². The zero-order valence-electron chi connectivity index (χ0n) is 14.1. The van der Waals surface area contributed by atoms with Crippen LogP contribution in [0.2, 0.25) is 0 Å². The van der Waals surface area contributed by atoms with Crippen LogP contribution in [0, 0.1) is 13.8 Å². The molecular weight excluding hydrogens is 284 g/mol. The Labute approximate surface area is 138 Å². The lowest BCUT2D eigenvalue weighted by molar-refractivity contribution is 0.0954. The Morgan fingerprint density at radius 1 is 1.00 bits per heavy atom. The third-order valence-electron chi connectivity index (χ3n) is 3.94. The maximum Gasteiger partial charge on any atom is 0.271 e. The molecule has 0 fully saturated rings. The Kier molecular flexibility index (Phi) is 6.10. The average molecular weight is 308 g/mol. The quantitative estimate of drug-likeness (QED) is 0.613. The molecule has 23 heavy (non-hydrogen) atoms. The highest BCUT2D eigenvalue weighted by molar-refractivity contribution is 6.02. The molecule has 0 saturated carbocycles. The smallest absolute Gasteiger partial charge is 0.267 e. The van der Waals surface area contributed by atoms with Gasteiger partial charge in [-0.15, -0.1) is 0 Å². The van der Waals surface area contributed by atoms with Crippen LogP contribution in [0.4, 0.5) is 0 Å². The van der Waals surface area contributed by atoms with Crippen molar-refractivity contribution in [1.29, 1.82) is 0 Å². The van der Waals surface area contributed by atoms with Gasteiger partial charge in [-0.25, -0.2) is 5.43 Å². The second kappa shape index (κ2) is 8.28. The van der Waals surface area contributed by atoms with Crippen LogP contribution >= 0.6 is 0 Å². The van der Waals surface area contributed by atoms with Crippen LogP contribution in [0.15, 0.2) is 53.6 Å². The van der Waals surface area contributed by atoms with Gasteiger partial charge in [-0.05, 0) is 55.5 Å². The molecule has 2 aromatic carbocycles. The summed E-state index contributed by atoms with van der Waals surface area (Å²) in [6.07, 6.45) is 3.00. The summed E-state index contributed by atoms with van der Waals surface area (Å²) in [5.41, 5.74) is 7.60. The topological polar surface area (TPSA) is 41.5 Å². The van der Waals surface area contributed by atoms with E-state index in [2.05, 4.69) is 17.5 Å². The predicted molar refractivity (Wildman–Crippen MR) is 95.9 cm³/mol. The fourth-order valence-corrected chi connectivity index (χ4v) is 2.31. The number of carbonyl (C=O) groups is 1. The lowest BCUT2D eigenvalue weighted by Crippen LogP contribution is -2.20. The van der Waals surface area contributed by atoms with E-state index in [1.54, 1.807) is 0 Å². The van der Waals surface area contributed by atoms with Crippen LogP contribution in [0.5, 0.6) is 0 Å². The van der Waals surface area contributed by atoms with Crippen LogP contribution in [-0.2, 0) is 0 Å². The molecule has 0 aliphatic heterocycles. The number of aryl methyl sites for hydroxylation is 2. The van der Waals surface area contributed by atoms with Crippen LogP contribution in [-0.4, -0.2) is 11.6 Å². The number of hydrazone groups is 1. The van der Waals surface area contributed by atoms with Crippen molar-refractivity contribution in [2.24, 2.45) is 5.10 Å². The summed E-state index contributed by atoms with van der Waals surface area (Å²) in [6.45, 7) is 6.19. The molecule has 2 aromatic rings. The predicted octanol–water partition coefficient (Wildman–Crippen LogP) is 4.63. The van der Waals surface area contributed by atoms with Gasteiger partial charge in [0.25, 0.3) is 5.91 Å². The van der Waals surface area contributed by atoms with Crippen LogP contribution < -0.4 is 5.43 Å². The Balaban J connectivity index is 2.15. The van der Waals surface area contributed by atoms with Crippen LogP contribution in [0.3, 0.4) is 0 Å². The summed E-state index contributed by atoms with van der Waals surface area (Å²) in [6, 6.07) is 15.7. The Morgan fingerprint density at radius 3 is 2.39 bits per heavy atom. The lowest BCUT2D eigenvalue weighted by Gasteiger charge is -2.08. The first-order valence-corrected chi connectivity index (χ1v) is 8.11. The minimum atomic E-state index is -0.168. The van der Waals surface area contributed by atoms with Gasteiger partial charge in [0, 0.05) is 5.56 Å². The molecule has 1 N–H and O–H groups in total. The molecule has 0 unspecified atom stereocenters. The van der Waals surface area contributed by atoms with Crippen molar-refractivity contribution in [3.8, 4) is 0 Å². The number of amides is 1. The van der Waals surface area contributed by atoms with Gasteiger partial charge in [0.05, 0.1) is 5.71 Å². The molecule has 1 amide bonds. The first-order chi connectivity index (χ1) is 11.1. The largest absolute Gasteiger partial charge is 0.271 e. The van der Waals surface area contributed by atoms with Gasteiger partial charge in [0.2, 0.25) is 0 Å². The van der Waals surface area contributed by atoms with E-state index < -0.39 is 0 Å². The van der Waals surface area contributed by atoms with E-state index in [1.165, 1.54) is 5.56 Å². The third-order valence-corrected chi connectivity index (χ3v) is 3.94. The highest BCUT2D eigenvalue weighted by atomic mass is 16.2. The highest BCUT2D eigenvalue weighted by Crippen LogP contribution is 2.11. The molecule has 0 spiro atoms. The minimum Gasteiger partial charge on any atom is -0.267 e. The first-order valence-electron chi connectivity index (χ1n) is 8.11. The second-order valence-electron chi connectivity index (χ2n) is 5.77. The molecule has 0 aromatic heterocycles. The van der Waals surface area contributed by atoms with E-state index in [4.69, 9.17) is 0 Å². The van der Waals surface area contributed by atoms with E-state index in [9.17, 15) is 4.79 Å². The molecule has 0 atom stereocenters. The van der Waals surface area contributed by atoms with Crippen molar-refractivity contribution in [3.05, 3.63) is 70.8 Å². The van der Waals surface area contributed by atoms with Gasteiger partial charge in [-0.2, -0.15) is 5.10 Å². The van der Waals surface area contributed by atoms with Gasteiger partial charge in [0.15, 0.2) is 0 Å². The molecule has 0 aliphatic carbocycles. The first kappa shape index (κ1) is 16.9. The monoisotopic (exact) mass is 308 g/mol. The summed E-state index contributed by atoms with van der Waals surface area (Å²) in [5, 5.41) is 4.38. The average Bonchev–Trinajstić information content (AvgIpc) is 2.58. The number of unbranched alkanes of at least 4 members (excludes halogenated alkanes) is 1. The van der Waals surface area contributed by atoms with E-state index >= 15 is 0 Å². The Morgan fingerprint density at radius 2 is 1.74 bits per heavy atom. The molecule has 0 aliphatic rings. The molecule has 0 radical (unpaired) electrons. The van der Waals surface area contributed by atoms with Crippen molar-refractivity contribution < 1.29 is 4.79 Å². The van der Waals surface area contributed by atoms with E-state index in [0.29, 0.717) is 5.56 Å². The van der Waals surface area contributed by atoms with Crippen molar-refractivity contribution >= 4 is 11.6 Å². The van der Waals surface area contributed by atoms with E-state index in [1.807, 2.05) is 62.4 Å². The normalized spacial score (nSPS) is 11.3. The van der Waals surface area contributed by atoms with Gasteiger partial charge >= 0.3 is 0 Å². The number of nitrogens with one attached hydrogen (secondary N) is 1. The number of rotatable bonds is 6. The summed E-state index contributed by atoms with van der Waals surface area (Å²) in [5.74, 6) is -0.168. The standard InChI is InChI=1S/C20H24N2O/c1-4-5-11-19(17-9-7-6-8-10-17)21-22-20(23)18-13-12-15(2)16(3)14-18/h6-10,12-14H,4-5,11H2,1-3H3,(H,22,23)/b21-19+. The van der Waals surface area contributed by atoms with Gasteiger partial charge in [0.1, 0.15) is 0 Å². The fraction of sp³-hybridized carbons (Fsp3) is 0.300. The van der Waals surface area contributed by atoms with Gasteiger partial charge in [-0.3, -0.25) is 4.79 Å². The number of carbonyl (C=O) groups excluding carboxylic acids is 1. The maximum absolute atomic E-state index is 12.3. The van der Waals surface area contributed by atoms with Crippen molar-refractivity contribution in [2.45, 2.75) is 40.0 Å². The van der Waals surface area contributed by atoms with E-state index in [0.717, 1.165) is 36.1 Å². The molecule has 0 bridgehead atoms. The lowest BCUT2D eigenvalue weighted by atomic mass is 10.1. The summed E-state index contributed by atoms with van der Waals surface area (Å²) in [7, 11) is 0. The fourth-order valence-electron chi connectivity index (χ4n) is 2.31. The molecule has 3 nitrogen and oxygen atoms in total. The highest BCUT2D eigenvalue weighted by Gasteiger charge is 2.08. The molecular formula is C20H24N2O. The molecule has 0 heterocycles. The number of hydrogen-bond donors (Lipinski definition) is 1. The maximum atomic E-state index is 12.3. The van der Waals surface area contributed by atoms with Crippen LogP contribution in [0.25, 0.3) is 0 Å². The number of nitrogens with zero attached hydrogens (tertiary/aromatic N) is 1. The van der Waals surface area contributed by atoms with Gasteiger partial charge in [-0.1, -0.05) is 49.7 Å². The summed E-state index contributed by atoms with van der Waals surface area (Å²) < 4.78 is 0. The van der Waals surface area contributed by atoms with Gasteiger partial charge < -0.3 is 0 Å². The summed E-state index contributed by atoms with van der Waals surface area (Å²) >= 11 is 0.